The second-order valence-electron chi connectivity index (χ2n) is 5.46. The smallest absolute Gasteiger partial charge is 0.215 e. The Hall–Kier alpha value is -3.47. The summed E-state index contributed by atoms with van der Waals surface area (Å²) >= 11 is 1.39. The number of hydrogen-bond acceptors (Lipinski definition) is 5. The van der Waals surface area contributed by atoms with Gasteiger partial charge in [0.15, 0.2) is 5.82 Å². The quantitative estimate of drug-likeness (QED) is 0.499. The molecule has 6 heteroatoms. The van der Waals surface area contributed by atoms with Crippen molar-refractivity contribution in [2.75, 3.05) is 0 Å². The number of benzene rings is 3. The monoisotopic (exact) mass is 376 g/mol. The summed E-state index contributed by atoms with van der Waals surface area (Å²) in [6.07, 6.45) is 0.250. The molecule has 3 aromatic carbocycles. The van der Waals surface area contributed by atoms with Crippen molar-refractivity contribution in [1.29, 1.82) is 0 Å². The van der Waals surface area contributed by atoms with E-state index in [2.05, 4.69) is 9.36 Å². The second kappa shape index (κ2) is 8.76. The third-order valence-corrected chi connectivity index (χ3v) is 4.51. The molecule has 0 unspecified atom stereocenters. The molecule has 0 saturated heterocycles. The second-order valence-corrected chi connectivity index (χ2v) is 6.21. The number of carbonyl (C=O) groups excluding carboxylic acids is 2. The minimum Gasteiger partial charge on any atom is -0.215 e. The average Bonchev–Trinajstić information content (AvgIpc) is 3.20. The Balaban J connectivity index is 0.000000659. The molecule has 1 aromatic heterocycles. The minimum absolute atomic E-state index is 0.233. The molecular weight excluding hydrogens is 363 g/mol. The van der Waals surface area contributed by atoms with Gasteiger partial charge < -0.3 is 0 Å². The van der Waals surface area contributed by atoms with Crippen LogP contribution in [0.25, 0.3) is 33.1 Å². The Morgan fingerprint density at radius 3 is 2.07 bits per heavy atom. The van der Waals surface area contributed by atoms with Crippen LogP contribution < -0.4 is 0 Å². The normalized spacial score (nSPS) is 9.81. The molecule has 0 aliphatic rings. The Morgan fingerprint density at radius 2 is 1.37 bits per heavy atom. The molecule has 4 aromatic rings. The first-order valence-electron chi connectivity index (χ1n) is 7.96. The number of halogens is 1. The van der Waals surface area contributed by atoms with Gasteiger partial charge in [0, 0.05) is 11.1 Å². The van der Waals surface area contributed by atoms with Crippen molar-refractivity contribution in [2.24, 2.45) is 0 Å². The maximum absolute atomic E-state index is 13.1. The summed E-state index contributed by atoms with van der Waals surface area (Å²) in [5.74, 6) is 0.478. The largest absolute Gasteiger partial charge is 0.373 e. The molecule has 1 heterocycles. The van der Waals surface area contributed by atoms with E-state index in [-0.39, 0.29) is 12.0 Å². The van der Waals surface area contributed by atoms with E-state index in [1.165, 1.54) is 23.7 Å². The van der Waals surface area contributed by atoms with Gasteiger partial charge in [-0.2, -0.15) is 14.0 Å². The predicted octanol–water partition coefficient (Wildman–Crippen LogP) is 5.09. The van der Waals surface area contributed by atoms with Crippen LogP contribution in [-0.2, 0) is 9.59 Å². The number of hydrogen-bond donors (Lipinski definition) is 0. The molecule has 0 N–H and O–H groups in total. The van der Waals surface area contributed by atoms with Crippen LogP contribution in [0.1, 0.15) is 0 Å². The van der Waals surface area contributed by atoms with Crippen molar-refractivity contribution in [2.45, 2.75) is 0 Å². The highest BCUT2D eigenvalue weighted by molar-refractivity contribution is 7.09. The molecule has 132 valence electrons. The van der Waals surface area contributed by atoms with Gasteiger partial charge in [0.2, 0.25) is 0 Å². The van der Waals surface area contributed by atoms with Crippen LogP contribution in [0.3, 0.4) is 0 Å². The van der Waals surface area contributed by atoms with Gasteiger partial charge in [-0.05, 0) is 40.9 Å². The fourth-order valence-corrected chi connectivity index (χ4v) is 3.21. The summed E-state index contributed by atoms with van der Waals surface area (Å²) in [6, 6.07) is 24.5. The third-order valence-electron chi connectivity index (χ3n) is 3.75. The van der Waals surface area contributed by atoms with Gasteiger partial charge >= 0.3 is 6.15 Å². The van der Waals surface area contributed by atoms with Crippen LogP contribution in [0.4, 0.5) is 4.39 Å². The van der Waals surface area contributed by atoms with Crippen LogP contribution in [0.2, 0.25) is 0 Å². The fourth-order valence-electron chi connectivity index (χ4n) is 2.52. The standard InChI is InChI=1S/C20H13FN2S.CO2/c21-18-11-9-14(10-12-18)16-7-4-8-17(13-16)19-22-20(24-23-19)15-5-2-1-3-6-15;2-1-3/h1-13H;. The Morgan fingerprint density at radius 1 is 0.741 bits per heavy atom. The molecular formula is C21H13FN2O2S. The number of aromatic nitrogens is 2. The predicted molar refractivity (Wildman–Crippen MR) is 101 cm³/mol. The van der Waals surface area contributed by atoms with Crippen LogP contribution in [-0.4, -0.2) is 15.5 Å². The van der Waals surface area contributed by atoms with Gasteiger partial charge in [0.05, 0.1) is 0 Å². The van der Waals surface area contributed by atoms with E-state index < -0.39 is 0 Å². The number of rotatable bonds is 3. The summed E-state index contributed by atoms with van der Waals surface area (Å²) in [7, 11) is 0. The summed E-state index contributed by atoms with van der Waals surface area (Å²) < 4.78 is 17.6. The first kappa shape index (κ1) is 18.3. The first-order valence-corrected chi connectivity index (χ1v) is 8.73. The SMILES string of the molecule is Fc1ccc(-c2cccc(-c3nsc(-c4ccccc4)n3)c2)cc1.O=C=O. The lowest BCUT2D eigenvalue weighted by Crippen LogP contribution is -1.84. The average molecular weight is 376 g/mol. The van der Waals surface area contributed by atoms with Crippen LogP contribution >= 0.6 is 11.5 Å². The maximum atomic E-state index is 13.1. The highest BCUT2D eigenvalue weighted by Gasteiger charge is 2.09. The zero-order valence-electron chi connectivity index (χ0n) is 14.0. The Bertz CT molecular complexity index is 1060. The molecule has 0 amide bonds. The molecule has 0 fully saturated rings. The van der Waals surface area contributed by atoms with E-state index >= 15 is 0 Å². The van der Waals surface area contributed by atoms with Gasteiger partial charge in [-0.15, -0.1) is 0 Å². The first-order chi connectivity index (χ1) is 13.2. The van der Waals surface area contributed by atoms with E-state index in [9.17, 15) is 4.39 Å². The van der Waals surface area contributed by atoms with Crippen molar-refractivity contribution in [3.8, 4) is 33.1 Å². The van der Waals surface area contributed by atoms with Crippen molar-refractivity contribution in [3.63, 3.8) is 0 Å². The fraction of sp³-hybridized carbons (Fsp3) is 0. The molecule has 0 saturated carbocycles. The lowest BCUT2D eigenvalue weighted by Gasteiger charge is -2.03. The van der Waals surface area contributed by atoms with Crippen LogP contribution in [0, 0.1) is 5.82 Å². The molecule has 0 spiro atoms. The summed E-state index contributed by atoms with van der Waals surface area (Å²) in [5.41, 5.74) is 4.01. The highest BCUT2D eigenvalue weighted by Crippen LogP contribution is 2.28. The lowest BCUT2D eigenvalue weighted by molar-refractivity contribution is -0.191. The zero-order chi connectivity index (χ0) is 19.1. The van der Waals surface area contributed by atoms with E-state index in [0.717, 1.165) is 27.3 Å². The van der Waals surface area contributed by atoms with E-state index in [4.69, 9.17) is 9.59 Å². The molecule has 0 aliphatic heterocycles. The Labute approximate surface area is 159 Å². The van der Waals surface area contributed by atoms with Gasteiger partial charge in [-0.1, -0.05) is 60.7 Å². The number of nitrogens with zero attached hydrogens (tertiary/aromatic N) is 2. The Kier molecular flexibility index (Phi) is 5.94. The maximum Gasteiger partial charge on any atom is 0.373 e. The minimum atomic E-state index is -0.233. The molecule has 0 radical (unpaired) electrons. The summed E-state index contributed by atoms with van der Waals surface area (Å²) in [4.78, 5) is 20.9. The van der Waals surface area contributed by atoms with Crippen molar-refractivity contribution < 1.29 is 14.0 Å². The summed E-state index contributed by atoms with van der Waals surface area (Å²) in [5, 5.41) is 0.901. The van der Waals surface area contributed by atoms with Crippen LogP contribution in [0.5, 0.6) is 0 Å². The lowest BCUT2D eigenvalue weighted by atomic mass is 10.0. The van der Waals surface area contributed by atoms with Gasteiger partial charge in [0.1, 0.15) is 10.8 Å². The van der Waals surface area contributed by atoms with E-state index in [1.54, 1.807) is 12.1 Å². The highest BCUT2D eigenvalue weighted by atomic mass is 32.1. The zero-order valence-corrected chi connectivity index (χ0v) is 14.8. The van der Waals surface area contributed by atoms with Crippen molar-refractivity contribution in [1.82, 2.24) is 9.36 Å². The van der Waals surface area contributed by atoms with E-state index in [1.807, 2.05) is 54.6 Å². The topological polar surface area (TPSA) is 59.9 Å². The van der Waals surface area contributed by atoms with E-state index in [0.29, 0.717) is 5.82 Å². The van der Waals surface area contributed by atoms with Crippen molar-refractivity contribution in [3.05, 3.63) is 84.7 Å². The molecule has 4 nitrogen and oxygen atoms in total. The van der Waals surface area contributed by atoms with Gasteiger partial charge in [-0.3, -0.25) is 0 Å². The van der Waals surface area contributed by atoms with Gasteiger partial charge in [0.25, 0.3) is 0 Å². The molecule has 0 aliphatic carbocycles. The summed E-state index contributed by atoms with van der Waals surface area (Å²) in [6.45, 7) is 0. The molecule has 0 atom stereocenters. The third kappa shape index (κ3) is 4.58. The molecule has 4 rings (SSSR count). The molecule has 0 bridgehead atoms. The van der Waals surface area contributed by atoms with Crippen LogP contribution in [0.15, 0.2) is 78.9 Å². The molecule has 27 heavy (non-hydrogen) atoms. The van der Waals surface area contributed by atoms with Gasteiger partial charge in [-0.25, -0.2) is 9.37 Å². The van der Waals surface area contributed by atoms with Crippen molar-refractivity contribution >= 4 is 17.7 Å².